The zero-order chi connectivity index (χ0) is 29.8. The van der Waals surface area contributed by atoms with Crippen molar-refractivity contribution in [3.05, 3.63) is 162 Å². The zero-order valence-corrected chi connectivity index (χ0v) is 24.6. The second-order valence-corrected chi connectivity index (χ2v) is 10.9. The predicted molar refractivity (Wildman–Crippen MR) is 167 cm³/mol. The molecule has 0 saturated carbocycles. The first kappa shape index (κ1) is 29.9. The van der Waals surface area contributed by atoms with Crippen molar-refractivity contribution in [2.45, 2.75) is 57.1 Å². The van der Waals surface area contributed by atoms with E-state index >= 15 is 0 Å². The van der Waals surface area contributed by atoms with Gasteiger partial charge in [0.15, 0.2) is 6.23 Å². The van der Waals surface area contributed by atoms with Crippen LogP contribution in [0.5, 0.6) is 0 Å². The van der Waals surface area contributed by atoms with E-state index in [4.69, 9.17) is 23.7 Å². The highest BCUT2D eigenvalue weighted by Gasteiger charge is 2.49. The molecule has 1 aliphatic heterocycles. The third-order valence-corrected chi connectivity index (χ3v) is 7.68. The Morgan fingerprint density at radius 2 is 1.00 bits per heavy atom. The van der Waals surface area contributed by atoms with Crippen molar-refractivity contribution in [2.75, 3.05) is 6.61 Å². The van der Waals surface area contributed by atoms with Gasteiger partial charge in [-0.3, -0.25) is 0 Å². The van der Waals surface area contributed by atoms with Gasteiger partial charge in [-0.25, -0.2) is 4.98 Å². The first-order valence-electron chi connectivity index (χ1n) is 15.0. The van der Waals surface area contributed by atoms with Crippen molar-refractivity contribution in [3.8, 4) is 0 Å². The molecule has 0 aliphatic carbocycles. The largest absolute Gasteiger partial charge is 0.374 e. The van der Waals surface area contributed by atoms with E-state index < -0.39 is 30.6 Å². The Kier molecular flexibility index (Phi) is 10.6. The monoisotopic (exact) mass is 590 g/mol. The molecule has 5 atom stereocenters. The van der Waals surface area contributed by atoms with Crippen LogP contribution in [0.1, 0.15) is 28.5 Å². The number of aromatic nitrogens is 2. The molecular formula is C37H38N2O5. The molecule has 5 aromatic rings. The van der Waals surface area contributed by atoms with Crippen LogP contribution >= 0.6 is 0 Å². The summed E-state index contributed by atoms with van der Waals surface area (Å²) >= 11 is 0. The molecule has 1 unspecified atom stereocenters. The highest BCUT2D eigenvalue weighted by atomic mass is 16.6. The van der Waals surface area contributed by atoms with E-state index in [0.29, 0.717) is 33.0 Å². The second kappa shape index (κ2) is 15.6. The van der Waals surface area contributed by atoms with Gasteiger partial charge in [0.2, 0.25) is 0 Å². The summed E-state index contributed by atoms with van der Waals surface area (Å²) in [7, 11) is 0. The van der Waals surface area contributed by atoms with E-state index in [2.05, 4.69) is 53.5 Å². The lowest BCUT2D eigenvalue weighted by molar-refractivity contribution is -0.290. The molecule has 7 heteroatoms. The van der Waals surface area contributed by atoms with Gasteiger partial charge < -0.3 is 28.3 Å². The Bertz CT molecular complexity index is 1490. The van der Waals surface area contributed by atoms with Crippen LogP contribution in [0, 0.1) is 0 Å². The normalized spacial score (nSPS) is 21.7. The maximum absolute atomic E-state index is 6.82. The van der Waals surface area contributed by atoms with Gasteiger partial charge in [0, 0.05) is 12.4 Å². The lowest BCUT2D eigenvalue weighted by Crippen LogP contribution is -2.59. The molecule has 6 rings (SSSR count). The summed E-state index contributed by atoms with van der Waals surface area (Å²) in [6, 6.07) is 40.6. The molecule has 7 nitrogen and oxygen atoms in total. The Morgan fingerprint density at radius 1 is 0.545 bits per heavy atom. The Labute approximate surface area is 259 Å². The molecule has 1 aliphatic rings. The summed E-state index contributed by atoms with van der Waals surface area (Å²) < 4.78 is 35.2. The first-order chi connectivity index (χ1) is 21.8. The summed E-state index contributed by atoms with van der Waals surface area (Å²) in [5.41, 5.74) is 4.29. The molecule has 0 amide bonds. The van der Waals surface area contributed by atoms with Gasteiger partial charge in [0.25, 0.3) is 0 Å². The standard InChI is InChI=1S/C37H38N2O5/c1-5-13-29(14-6-1)23-40-27-33-34(41-24-30-15-7-2-8-16-30)35(42-25-31-17-9-3-10-18-31)36(37(44-33)39-22-21-38-28-39)43-26-32-19-11-4-12-20-32/h1-22,28,33-37H,23-27H2/t33-,34+,35+,36-,37?/m1/s1. The fraction of sp³-hybridized carbons (Fsp3) is 0.270. The van der Waals surface area contributed by atoms with Crippen molar-refractivity contribution >= 4 is 0 Å². The van der Waals surface area contributed by atoms with E-state index in [1.165, 1.54) is 0 Å². The summed E-state index contributed by atoms with van der Waals surface area (Å²) in [6.07, 6.45) is 2.99. The molecule has 2 heterocycles. The molecule has 0 N–H and O–H groups in total. The smallest absolute Gasteiger partial charge is 0.164 e. The van der Waals surface area contributed by atoms with Crippen LogP contribution < -0.4 is 0 Å². The quantitative estimate of drug-likeness (QED) is 0.143. The molecule has 4 aromatic carbocycles. The Balaban J connectivity index is 1.31. The minimum atomic E-state index is -0.510. The average molecular weight is 591 g/mol. The molecule has 226 valence electrons. The highest BCUT2D eigenvalue weighted by molar-refractivity contribution is 5.16. The summed E-state index contributed by atoms with van der Waals surface area (Å²) in [6.45, 7) is 1.97. The van der Waals surface area contributed by atoms with Crippen LogP contribution in [-0.4, -0.2) is 40.6 Å². The van der Waals surface area contributed by atoms with Crippen LogP contribution in [0.4, 0.5) is 0 Å². The van der Waals surface area contributed by atoms with E-state index in [1.807, 2.05) is 83.6 Å². The number of benzene rings is 4. The number of imidazole rings is 1. The maximum atomic E-state index is 6.82. The maximum Gasteiger partial charge on any atom is 0.164 e. The summed E-state index contributed by atoms with van der Waals surface area (Å²) in [4.78, 5) is 4.31. The third-order valence-electron chi connectivity index (χ3n) is 7.68. The van der Waals surface area contributed by atoms with Gasteiger partial charge in [0.1, 0.15) is 24.4 Å². The summed E-state index contributed by atoms with van der Waals surface area (Å²) in [5.74, 6) is 0. The summed E-state index contributed by atoms with van der Waals surface area (Å²) in [5, 5.41) is 0. The van der Waals surface area contributed by atoms with Crippen molar-refractivity contribution in [1.82, 2.24) is 9.55 Å². The van der Waals surface area contributed by atoms with Crippen LogP contribution in [0.25, 0.3) is 0 Å². The van der Waals surface area contributed by atoms with Crippen LogP contribution in [-0.2, 0) is 50.1 Å². The number of rotatable bonds is 14. The van der Waals surface area contributed by atoms with Crippen molar-refractivity contribution in [3.63, 3.8) is 0 Å². The van der Waals surface area contributed by atoms with Gasteiger partial charge in [-0.2, -0.15) is 0 Å². The number of nitrogens with zero attached hydrogens (tertiary/aromatic N) is 2. The molecule has 1 aromatic heterocycles. The molecule has 1 fully saturated rings. The molecular weight excluding hydrogens is 552 g/mol. The molecule has 44 heavy (non-hydrogen) atoms. The van der Waals surface area contributed by atoms with Crippen molar-refractivity contribution in [2.24, 2.45) is 0 Å². The van der Waals surface area contributed by atoms with E-state index in [1.54, 1.807) is 12.5 Å². The van der Waals surface area contributed by atoms with E-state index in [9.17, 15) is 0 Å². The van der Waals surface area contributed by atoms with Gasteiger partial charge in [-0.05, 0) is 22.3 Å². The molecule has 1 saturated heterocycles. The van der Waals surface area contributed by atoms with Crippen molar-refractivity contribution < 1.29 is 23.7 Å². The topological polar surface area (TPSA) is 64.0 Å². The number of ether oxygens (including phenoxy) is 5. The second-order valence-electron chi connectivity index (χ2n) is 10.9. The van der Waals surface area contributed by atoms with Gasteiger partial charge in [-0.1, -0.05) is 121 Å². The fourth-order valence-corrected chi connectivity index (χ4v) is 5.42. The van der Waals surface area contributed by atoms with Gasteiger partial charge in [-0.15, -0.1) is 0 Å². The first-order valence-corrected chi connectivity index (χ1v) is 15.0. The SMILES string of the molecule is c1ccc(COC[C@H]2OC(n3ccnc3)[C@H](OCc3ccccc3)[C@@H](OCc3ccccc3)[C@H]2OCc2ccccc2)cc1. The highest BCUT2D eigenvalue weighted by Crippen LogP contribution is 2.36. The van der Waals surface area contributed by atoms with Crippen LogP contribution in [0.15, 0.2) is 140 Å². The van der Waals surface area contributed by atoms with Crippen LogP contribution in [0.3, 0.4) is 0 Å². The van der Waals surface area contributed by atoms with Gasteiger partial charge in [0.05, 0.1) is 39.4 Å². The number of hydrogen-bond acceptors (Lipinski definition) is 6. The minimum Gasteiger partial charge on any atom is -0.374 e. The third kappa shape index (κ3) is 8.08. The molecule has 0 radical (unpaired) electrons. The average Bonchev–Trinajstić information content (AvgIpc) is 3.63. The fourth-order valence-electron chi connectivity index (χ4n) is 5.42. The molecule has 0 bridgehead atoms. The van der Waals surface area contributed by atoms with E-state index in [0.717, 1.165) is 22.3 Å². The van der Waals surface area contributed by atoms with Crippen LogP contribution in [0.2, 0.25) is 0 Å². The van der Waals surface area contributed by atoms with E-state index in [-0.39, 0.29) is 0 Å². The predicted octanol–water partition coefficient (Wildman–Crippen LogP) is 6.75. The van der Waals surface area contributed by atoms with Crippen molar-refractivity contribution in [1.29, 1.82) is 0 Å². The Hall–Kier alpha value is -4.11. The minimum absolute atomic E-state index is 0.316. The zero-order valence-electron chi connectivity index (χ0n) is 24.6. The number of hydrogen-bond donors (Lipinski definition) is 0. The van der Waals surface area contributed by atoms with Gasteiger partial charge >= 0.3 is 0 Å². The lowest BCUT2D eigenvalue weighted by Gasteiger charge is -2.46. The molecule has 0 spiro atoms. The Morgan fingerprint density at radius 3 is 1.48 bits per heavy atom. The lowest BCUT2D eigenvalue weighted by atomic mass is 9.96.